The number of fused-ring (bicyclic) bond motifs is 13. The van der Waals surface area contributed by atoms with Crippen LogP contribution in [0.4, 0.5) is 0 Å². The summed E-state index contributed by atoms with van der Waals surface area (Å²) in [6.45, 7) is 4.72. The van der Waals surface area contributed by atoms with Crippen molar-refractivity contribution in [1.29, 1.82) is 0 Å². The van der Waals surface area contributed by atoms with Gasteiger partial charge in [-0.1, -0.05) is 135 Å². The van der Waals surface area contributed by atoms with Gasteiger partial charge in [0.25, 0.3) is 0 Å². The molecule has 0 fully saturated rings. The first-order chi connectivity index (χ1) is 22.0. The van der Waals surface area contributed by atoms with Gasteiger partial charge in [-0.25, -0.2) is 0 Å². The minimum absolute atomic E-state index is 0.00723. The standard InChI is InChI=1S/C45H30/c1-45(2)43-10-6-5-9-39(43)42-26-41-32(25-44(42)45)17-22-37-38(41)20-14-28-11-12-30(24-40(28)37)29-15-18-34-31(23-29)16-21-35-33-8-4-3-7-27(33)13-19-36(34)35/h3-26H,1-2H3. The molecule has 0 spiro atoms. The quantitative estimate of drug-likeness (QED) is 0.172. The third kappa shape index (κ3) is 3.43. The second kappa shape index (κ2) is 8.80. The van der Waals surface area contributed by atoms with Crippen molar-refractivity contribution in [1.82, 2.24) is 0 Å². The predicted octanol–water partition coefficient (Wildman–Crippen LogP) is 12.6. The summed E-state index contributed by atoms with van der Waals surface area (Å²) in [7, 11) is 0. The first-order valence-electron chi connectivity index (χ1n) is 15.9. The summed E-state index contributed by atoms with van der Waals surface area (Å²) >= 11 is 0. The molecule has 10 rings (SSSR count). The van der Waals surface area contributed by atoms with Crippen LogP contribution in [0.25, 0.3) is 86.9 Å². The van der Waals surface area contributed by atoms with E-state index >= 15 is 0 Å². The van der Waals surface area contributed by atoms with Crippen LogP contribution in [0, 0.1) is 0 Å². The zero-order valence-corrected chi connectivity index (χ0v) is 25.4. The molecule has 0 bridgehead atoms. The smallest absolute Gasteiger partial charge is 0.0159 e. The molecule has 0 saturated heterocycles. The van der Waals surface area contributed by atoms with E-state index in [0.717, 1.165) is 0 Å². The summed E-state index contributed by atoms with van der Waals surface area (Å²) in [6, 6.07) is 54.8. The van der Waals surface area contributed by atoms with E-state index in [4.69, 9.17) is 0 Å². The van der Waals surface area contributed by atoms with E-state index in [1.165, 1.54) is 98.0 Å². The Morgan fingerprint density at radius 1 is 0.311 bits per heavy atom. The van der Waals surface area contributed by atoms with Gasteiger partial charge < -0.3 is 0 Å². The van der Waals surface area contributed by atoms with Gasteiger partial charge in [-0.15, -0.1) is 0 Å². The van der Waals surface area contributed by atoms with Crippen LogP contribution in [0.15, 0.2) is 146 Å². The van der Waals surface area contributed by atoms with Crippen LogP contribution in [0.3, 0.4) is 0 Å². The lowest BCUT2D eigenvalue weighted by Crippen LogP contribution is -2.14. The molecule has 0 heteroatoms. The summed E-state index contributed by atoms with van der Waals surface area (Å²) < 4.78 is 0. The van der Waals surface area contributed by atoms with Gasteiger partial charge in [-0.3, -0.25) is 0 Å². The van der Waals surface area contributed by atoms with Crippen molar-refractivity contribution < 1.29 is 0 Å². The van der Waals surface area contributed by atoms with Gasteiger partial charge in [0.05, 0.1) is 0 Å². The molecule has 0 aliphatic heterocycles. The SMILES string of the molecule is CC1(C)c2ccccc2-c2cc3c(ccc4c5cc(-c6ccc7c(ccc8c9ccccc9ccc78)c6)ccc5ccc34)cc21. The Kier molecular flexibility index (Phi) is 4.88. The molecule has 0 aromatic heterocycles. The van der Waals surface area contributed by atoms with Gasteiger partial charge in [0.15, 0.2) is 0 Å². The predicted molar refractivity (Wildman–Crippen MR) is 194 cm³/mol. The van der Waals surface area contributed by atoms with Gasteiger partial charge in [-0.2, -0.15) is 0 Å². The van der Waals surface area contributed by atoms with Crippen molar-refractivity contribution in [2.45, 2.75) is 19.3 Å². The molecule has 0 N–H and O–H groups in total. The summed E-state index contributed by atoms with van der Waals surface area (Å²) in [5.74, 6) is 0. The number of hydrogen-bond donors (Lipinski definition) is 0. The summed E-state index contributed by atoms with van der Waals surface area (Å²) in [5.41, 5.74) is 8.10. The first kappa shape index (κ1) is 24.9. The largest absolute Gasteiger partial charge is 0.0619 e. The maximum Gasteiger partial charge on any atom is 0.0159 e. The minimum Gasteiger partial charge on any atom is -0.0619 e. The van der Waals surface area contributed by atoms with Crippen LogP contribution in [0.2, 0.25) is 0 Å². The number of rotatable bonds is 1. The molecule has 0 atom stereocenters. The van der Waals surface area contributed by atoms with Crippen LogP contribution >= 0.6 is 0 Å². The average Bonchev–Trinajstić information content (AvgIpc) is 3.31. The monoisotopic (exact) mass is 570 g/mol. The summed E-state index contributed by atoms with van der Waals surface area (Å²) in [5, 5.41) is 15.7. The van der Waals surface area contributed by atoms with Crippen molar-refractivity contribution in [2.24, 2.45) is 0 Å². The Bertz CT molecular complexity index is 2720. The fourth-order valence-electron chi connectivity index (χ4n) is 8.25. The molecular formula is C45H30. The van der Waals surface area contributed by atoms with Crippen molar-refractivity contribution in [2.75, 3.05) is 0 Å². The lowest BCUT2D eigenvalue weighted by molar-refractivity contribution is 0.661. The van der Waals surface area contributed by atoms with Gasteiger partial charge in [-0.05, 0) is 122 Å². The summed E-state index contributed by atoms with van der Waals surface area (Å²) in [4.78, 5) is 0. The van der Waals surface area contributed by atoms with Crippen LogP contribution in [0.1, 0.15) is 25.0 Å². The topological polar surface area (TPSA) is 0 Å². The van der Waals surface area contributed by atoms with Gasteiger partial charge in [0.2, 0.25) is 0 Å². The lowest BCUT2D eigenvalue weighted by Gasteiger charge is -2.21. The van der Waals surface area contributed by atoms with Crippen molar-refractivity contribution >= 4 is 64.6 Å². The Balaban J connectivity index is 1.15. The molecule has 1 aliphatic carbocycles. The third-order valence-electron chi connectivity index (χ3n) is 10.6. The molecule has 210 valence electrons. The fraction of sp³-hybridized carbons (Fsp3) is 0.0667. The molecule has 9 aromatic carbocycles. The van der Waals surface area contributed by atoms with Crippen LogP contribution in [-0.4, -0.2) is 0 Å². The van der Waals surface area contributed by atoms with E-state index in [9.17, 15) is 0 Å². The average molecular weight is 571 g/mol. The van der Waals surface area contributed by atoms with E-state index in [-0.39, 0.29) is 5.41 Å². The summed E-state index contributed by atoms with van der Waals surface area (Å²) in [6.07, 6.45) is 0. The van der Waals surface area contributed by atoms with Gasteiger partial charge in [0.1, 0.15) is 0 Å². The third-order valence-corrected chi connectivity index (χ3v) is 10.6. The highest BCUT2D eigenvalue weighted by Crippen LogP contribution is 2.50. The molecule has 0 heterocycles. The molecular weight excluding hydrogens is 540 g/mol. The van der Waals surface area contributed by atoms with E-state index in [1.54, 1.807) is 0 Å². The van der Waals surface area contributed by atoms with Crippen molar-refractivity contribution in [3.8, 4) is 22.3 Å². The van der Waals surface area contributed by atoms with Crippen molar-refractivity contribution in [3.63, 3.8) is 0 Å². The zero-order chi connectivity index (χ0) is 29.9. The highest BCUT2D eigenvalue weighted by atomic mass is 14.4. The molecule has 0 radical (unpaired) electrons. The molecule has 0 nitrogen and oxygen atoms in total. The second-order valence-electron chi connectivity index (χ2n) is 13.3. The van der Waals surface area contributed by atoms with Gasteiger partial charge >= 0.3 is 0 Å². The van der Waals surface area contributed by atoms with E-state index in [1.807, 2.05) is 0 Å². The normalized spacial score (nSPS) is 13.7. The molecule has 0 amide bonds. The van der Waals surface area contributed by atoms with Crippen LogP contribution < -0.4 is 0 Å². The fourth-order valence-corrected chi connectivity index (χ4v) is 8.25. The van der Waals surface area contributed by atoms with E-state index in [0.29, 0.717) is 0 Å². The Hall–Kier alpha value is -5.46. The first-order valence-corrected chi connectivity index (χ1v) is 15.9. The maximum atomic E-state index is 2.45. The van der Waals surface area contributed by atoms with E-state index < -0.39 is 0 Å². The molecule has 9 aromatic rings. The molecule has 1 aliphatic rings. The molecule has 45 heavy (non-hydrogen) atoms. The Morgan fingerprint density at radius 2 is 0.822 bits per heavy atom. The minimum atomic E-state index is 0.00723. The maximum absolute atomic E-state index is 2.45. The number of benzene rings is 9. The Labute approximate surface area is 262 Å². The highest BCUT2D eigenvalue weighted by Gasteiger charge is 2.35. The zero-order valence-electron chi connectivity index (χ0n) is 25.4. The highest BCUT2D eigenvalue weighted by molar-refractivity contribution is 6.20. The van der Waals surface area contributed by atoms with Crippen molar-refractivity contribution in [3.05, 3.63) is 157 Å². The molecule has 0 saturated carbocycles. The molecule has 0 unspecified atom stereocenters. The second-order valence-corrected chi connectivity index (χ2v) is 13.3. The van der Waals surface area contributed by atoms with Crippen LogP contribution in [0.5, 0.6) is 0 Å². The lowest BCUT2D eigenvalue weighted by atomic mass is 9.81. The number of hydrogen-bond acceptors (Lipinski definition) is 0. The van der Waals surface area contributed by atoms with E-state index in [2.05, 4.69) is 159 Å². The van der Waals surface area contributed by atoms with Gasteiger partial charge in [0, 0.05) is 5.41 Å². The van der Waals surface area contributed by atoms with Crippen LogP contribution in [-0.2, 0) is 5.41 Å². The Morgan fingerprint density at radius 3 is 1.62 bits per heavy atom.